The molecular formula is C7H12O. The monoisotopic (exact) mass is 112 g/mol. The van der Waals surface area contributed by atoms with Gasteiger partial charge in [0.05, 0.1) is 11.9 Å². The van der Waals surface area contributed by atoms with Crippen molar-refractivity contribution in [3.63, 3.8) is 0 Å². The molecule has 46 valence electrons. The molecule has 0 radical (unpaired) electrons. The standard InChI is InChI=1S/C7H12O/c1-3-7-5-4-6(2)8-7/h7H,2-5H2,1H3. The number of rotatable bonds is 1. The van der Waals surface area contributed by atoms with Gasteiger partial charge in [0, 0.05) is 6.42 Å². The van der Waals surface area contributed by atoms with E-state index in [1.807, 2.05) is 0 Å². The summed E-state index contributed by atoms with van der Waals surface area (Å²) in [5.74, 6) is 0.969. The minimum atomic E-state index is 0.475. The highest BCUT2D eigenvalue weighted by Crippen LogP contribution is 2.22. The fourth-order valence-electron chi connectivity index (χ4n) is 0.963. The summed E-state index contributed by atoms with van der Waals surface area (Å²) < 4.78 is 5.32. The van der Waals surface area contributed by atoms with E-state index in [1.54, 1.807) is 0 Å². The fourth-order valence-corrected chi connectivity index (χ4v) is 0.963. The zero-order chi connectivity index (χ0) is 5.98. The van der Waals surface area contributed by atoms with Crippen molar-refractivity contribution in [3.05, 3.63) is 12.3 Å². The van der Waals surface area contributed by atoms with Gasteiger partial charge in [-0.05, 0) is 12.8 Å². The van der Waals surface area contributed by atoms with Crippen LogP contribution in [0, 0.1) is 0 Å². The van der Waals surface area contributed by atoms with Gasteiger partial charge in [0.25, 0.3) is 0 Å². The first kappa shape index (κ1) is 5.67. The molecule has 1 saturated heterocycles. The van der Waals surface area contributed by atoms with Crippen molar-refractivity contribution in [1.29, 1.82) is 0 Å². The topological polar surface area (TPSA) is 9.23 Å². The highest BCUT2D eigenvalue weighted by Gasteiger charge is 2.15. The van der Waals surface area contributed by atoms with E-state index >= 15 is 0 Å². The van der Waals surface area contributed by atoms with Crippen LogP contribution in [-0.2, 0) is 4.74 Å². The van der Waals surface area contributed by atoms with Crippen molar-refractivity contribution in [2.24, 2.45) is 0 Å². The van der Waals surface area contributed by atoms with Gasteiger partial charge in [-0.1, -0.05) is 13.5 Å². The van der Waals surface area contributed by atoms with Gasteiger partial charge in [-0.25, -0.2) is 0 Å². The second-order valence-electron chi connectivity index (χ2n) is 2.23. The first-order chi connectivity index (χ1) is 3.83. The first-order valence-corrected chi connectivity index (χ1v) is 3.17. The molecular weight excluding hydrogens is 100 g/mol. The van der Waals surface area contributed by atoms with Crippen LogP contribution in [0.5, 0.6) is 0 Å². The van der Waals surface area contributed by atoms with Crippen LogP contribution >= 0.6 is 0 Å². The van der Waals surface area contributed by atoms with E-state index in [2.05, 4.69) is 13.5 Å². The summed E-state index contributed by atoms with van der Waals surface area (Å²) in [6.45, 7) is 5.87. The molecule has 1 unspecified atom stereocenters. The molecule has 1 heterocycles. The van der Waals surface area contributed by atoms with Gasteiger partial charge in [0.1, 0.15) is 0 Å². The molecule has 0 aromatic heterocycles. The van der Waals surface area contributed by atoms with Crippen LogP contribution < -0.4 is 0 Å². The molecule has 0 saturated carbocycles. The molecule has 8 heavy (non-hydrogen) atoms. The summed E-state index contributed by atoms with van der Waals surface area (Å²) in [6.07, 6.45) is 3.84. The maximum absolute atomic E-state index is 5.32. The molecule has 1 fully saturated rings. The molecule has 1 atom stereocenters. The average Bonchev–Trinajstić information content (AvgIpc) is 2.14. The summed E-state index contributed by atoms with van der Waals surface area (Å²) in [7, 11) is 0. The van der Waals surface area contributed by atoms with Crippen LogP contribution in [0.1, 0.15) is 26.2 Å². The van der Waals surface area contributed by atoms with Crippen molar-refractivity contribution in [2.45, 2.75) is 32.3 Å². The van der Waals surface area contributed by atoms with Crippen molar-refractivity contribution in [2.75, 3.05) is 0 Å². The van der Waals surface area contributed by atoms with Gasteiger partial charge in [-0.15, -0.1) is 0 Å². The van der Waals surface area contributed by atoms with Gasteiger partial charge in [0.2, 0.25) is 0 Å². The molecule has 0 aromatic rings. The van der Waals surface area contributed by atoms with Crippen LogP contribution in [0.4, 0.5) is 0 Å². The summed E-state index contributed by atoms with van der Waals surface area (Å²) in [4.78, 5) is 0. The molecule has 0 bridgehead atoms. The summed E-state index contributed by atoms with van der Waals surface area (Å²) in [6, 6.07) is 0. The molecule has 0 spiro atoms. The van der Waals surface area contributed by atoms with Crippen LogP contribution in [0.25, 0.3) is 0 Å². The van der Waals surface area contributed by atoms with E-state index in [4.69, 9.17) is 4.74 Å². The molecule has 0 N–H and O–H groups in total. The van der Waals surface area contributed by atoms with Gasteiger partial charge in [-0.3, -0.25) is 0 Å². The second kappa shape index (κ2) is 2.21. The smallest absolute Gasteiger partial charge is 0.0983 e. The number of hydrogen-bond acceptors (Lipinski definition) is 1. The molecule has 1 aliphatic heterocycles. The number of allylic oxidation sites excluding steroid dienone is 1. The molecule has 0 amide bonds. The minimum absolute atomic E-state index is 0.475. The Morgan fingerprint density at radius 3 is 2.88 bits per heavy atom. The third-order valence-corrected chi connectivity index (χ3v) is 1.53. The van der Waals surface area contributed by atoms with Crippen LogP contribution in [-0.4, -0.2) is 6.10 Å². The highest BCUT2D eigenvalue weighted by atomic mass is 16.5. The lowest BCUT2D eigenvalue weighted by molar-refractivity contribution is 0.158. The van der Waals surface area contributed by atoms with Gasteiger partial charge in [0.15, 0.2) is 0 Å². The molecule has 1 aliphatic rings. The second-order valence-corrected chi connectivity index (χ2v) is 2.23. The van der Waals surface area contributed by atoms with Gasteiger partial charge in [-0.2, -0.15) is 0 Å². The predicted molar refractivity (Wildman–Crippen MR) is 33.5 cm³/mol. The Morgan fingerprint density at radius 1 is 1.88 bits per heavy atom. The minimum Gasteiger partial charge on any atom is -0.495 e. The predicted octanol–water partition coefficient (Wildman–Crippen LogP) is 2.09. The lowest BCUT2D eigenvalue weighted by Crippen LogP contribution is -1.99. The Morgan fingerprint density at radius 2 is 2.62 bits per heavy atom. The van der Waals surface area contributed by atoms with Crippen LogP contribution in [0.2, 0.25) is 0 Å². The Bertz CT molecular complexity index is 96.6. The average molecular weight is 112 g/mol. The normalized spacial score (nSPS) is 28.1. The maximum Gasteiger partial charge on any atom is 0.0983 e. The number of ether oxygens (including phenoxy) is 1. The van der Waals surface area contributed by atoms with E-state index < -0.39 is 0 Å². The van der Waals surface area contributed by atoms with Crippen molar-refractivity contribution >= 4 is 0 Å². The quantitative estimate of drug-likeness (QED) is 0.504. The third-order valence-electron chi connectivity index (χ3n) is 1.53. The SMILES string of the molecule is C=C1CCC(CC)O1. The van der Waals surface area contributed by atoms with E-state index in [0.717, 1.165) is 18.6 Å². The molecule has 1 rings (SSSR count). The zero-order valence-corrected chi connectivity index (χ0v) is 5.31. The summed E-state index contributed by atoms with van der Waals surface area (Å²) >= 11 is 0. The largest absolute Gasteiger partial charge is 0.495 e. The summed E-state index contributed by atoms with van der Waals surface area (Å²) in [5.41, 5.74) is 0. The fraction of sp³-hybridized carbons (Fsp3) is 0.714. The highest BCUT2D eigenvalue weighted by molar-refractivity contribution is 4.90. The lowest BCUT2D eigenvalue weighted by atomic mass is 10.2. The Hall–Kier alpha value is -0.460. The van der Waals surface area contributed by atoms with Crippen molar-refractivity contribution in [1.82, 2.24) is 0 Å². The van der Waals surface area contributed by atoms with Gasteiger partial charge >= 0.3 is 0 Å². The Labute approximate surface area is 50.3 Å². The van der Waals surface area contributed by atoms with E-state index in [0.29, 0.717) is 6.10 Å². The van der Waals surface area contributed by atoms with Crippen molar-refractivity contribution < 1.29 is 4.74 Å². The van der Waals surface area contributed by atoms with E-state index in [1.165, 1.54) is 6.42 Å². The zero-order valence-electron chi connectivity index (χ0n) is 5.31. The Balaban J connectivity index is 2.32. The van der Waals surface area contributed by atoms with Crippen molar-refractivity contribution in [3.8, 4) is 0 Å². The third kappa shape index (κ3) is 1.03. The lowest BCUT2D eigenvalue weighted by Gasteiger charge is -2.04. The van der Waals surface area contributed by atoms with Crippen LogP contribution in [0.3, 0.4) is 0 Å². The Kier molecular flexibility index (Phi) is 1.56. The molecule has 1 heteroatoms. The number of hydrogen-bond donors (Lipinski definition) is 0. The first-order valence-electron chi connectivity index (χ1n) is 3.17. The van der Waals surface area contributed by atoms with E-state index in [9.17, 15) is 0 Å². The molecule has 0 aromatic carbocycles. The van der Waals surface area contributed by atoms with E-state index in [-0.39, 0.29) is 0 Å². The van der Waals surface area contributed by atoms with Crippen LogP contribution in [0.15, 0.2) is 12.3 Å². The maximum atomic E-state index is 5.32. The molecule has 1 nitrogen and oxygen atoms in total. The van der Waals surface area contributed by atoms with Gasteiger partial charge < -0.3 is 4.74 Å². The molecule has 0 aliphatic carbocycles. The summed E-state index contributed by atoms with van der Waals surface area (Å²) in [5, 5.41) is 0.